The first-order valence-corrected chi connectivity index (χ1v) is 7.42. The minimum atomic E-state index is -0.582. The van der Waals surface area contributed by atoms with Gasteiger partial charge >= 0.3 is 0 Å². The number of carbonyl (C=O) groups is 2. The molecule has 5 nitrogen and oxygen atoms in total. The molecule has 2 aromatic rings. The number of nitrogens with zero attached hydrogens (tertiary/aromatic N) is 2. The lowest BCUT2D eigenvalue weighted by Crippen LogP contribution is -2.50. The van der Waals surface area contributed by atoms with Gasteiger partial charge in [-0.2, -0.15) is 0 Å². The summed E-state index contributed by atoms with van der Waals surface area (Å²) in [4.78, 5) is 31.5. The molecule has 22 heavy (non-hydrogen) atoms. The number of H-pyrrole nitrogens is 1. The number of nitrogens with one attached hydrogen (secondary N) is 1. The molecule has 1 aromatic carbocycles. The van der Waals surface area contributed by atoms with Crippen LogP contribution in [0.3, 0.4) is 0 Å². The fourth-order valence-electron chi connectivity index (χ4n) is 2.81. The van der Waals surface area contributed by atoms with Crippen LogP contribution in [-0.2, 0) is 4.79 Å². The second-order valence-corrected chi connectivity index (χ2v) is 5.45. The van der Waals surface area contributed by atoms with Gasteiger partial charge in [0, 0.05) is 43.3 Å². The number of rotatable bonds is 3. The first-order chi connectivity index (χ1) is 10.6. The Morgan fingerprint density at radius 2 is 1.95 bits per heavy atom. The van der Waals surface area contributed by atoms with Crippen LogP contribution >= 0.6 is 0 Å². The highest BCUT2D eigenvalue weighted by Crippen LogP contribution is 2.20. The van der Waals surface area contributed by atoms with Gasteiger partial charge < -0.3 is 14.8 Å². The number of Topliss-reactive ketones (excluding diaryl/α,β-unsaturated/α-hetero) is 1. The Labute approximate surface area is 127 Å². The molecular weight excluding hydrogens is 285 g/mol. The fourth-order valence-corrected chi connectivity index (χ4v) is 2.81. The number of piperazine rings is 1. The zero-order valence-electron chi connectivity index (χ0n) is 12.4. The van der Waals surface area contributed by atoms with E-state index in [4.69, 9.17) is 0 Å². The van der Waals surface area contributed by atoms with Gasteiger partial charge in [-0.1, -0.05) is 6.92 Å². The van der Waals surface area contributed by atoms with Crippen LogP contribution < -0.4 is 0 Å². The lowest BCUT2D eigenvalue weighted by molar-refractivity contribution is -0.128. The second-order valence-electron chi connectivity index (χ2n) is 5.45. The molecule has 0 unspecified atom stereocenters. The molecule has 1 N–H and O–H groups in total. The standard InChI is InChI=1S/C16H18FN3O2/c1-2-19-5-7-20(8-6-19)16(22)15(21)13-10-18-14-4-3-11(17)9-12(13)14/h3-4,9-10,18H,2,5-8H2,1H3. The van der Waals surface area contributed by atoms with Crippen molar-refractivity contribution in [3.63, 3.8) is 0 Å². The number of halogens is 1. The lowest BCUT2D eigenvalue weighted by atomic mass is 10.1. The van der Waals surface area contributed by atoms with E-state index < -0.39 is 17.5 Å². The first-order valence-electron chi connectivity index (χ1n) is 7.42. The van der Waals surface area contributed by atoms with E-state index in [1.54, 1.807) is 11.0 Å². The normalized spacial score (nSPS) is 16.2. The van der Waals surface area contributed by atoms with Crippen LogP contribution in [0.4, 0.5) is 4.39 Å². The van der Waals surface area contributed by atoms with E-state index in [-0.39, 0.29) is 5.56 Å². The Balaban J connectivity index is 1.80. The van der Waals surface area contributed by atoms with Crippen molar-refractivity contribution in [1.82, 2.24) is 14.8 Å². The van der Waals surface area contributed by atoms with Crippen molar-refractivity contribution in [3.8, 4) is 0 Å². The van der Waals surface area contributed by atoms with Crippen molar-refractivity contribution >= 4 is 22.6 Å². The van der Waals surface area contributed by atoms with Crippen LogP contribution in [0.2, 0.25) is 0 Å². The first kappa shape index (κ1) is 14.7. The van der Waals surface area contributed by atoms with Crippen LogP contribution in [0, 0.1) is 5.82 Å². The third kappa shape index (κ3) is 2.62. The third-order valence-corrected chi connectivity index (χ3v) is 4.19. The number of fused-ring (bicyclic) bond motifs is 1. The number of aromatic nitrogens is 1. The van der Waals surface area contributed by atoms with Crippen LogP contribution in [-0.4, -0.2) is 59.2 Å². The number of aromatic amines is 1. The Kier molecular flexibility index (Phi) is 3.94. The van der Waals surface area contributed by atoms with Crippen molar-refractivity contribution < 1.29 is 14.0 Å². The van der Waals surface area contributed by atoms with Gasteiger partial charge in [-0.25, -0.2) is 4.39 Å². The maximum Gasteiger partial charge on any atom is 0.295 e. The molecule has 1 aliphatic heterocycles. The Bertz CT molecular complexity index is 717. The Morgan fingerprint density at radius 3 is 2.64 bits per heavy atom. The zero-order chi connectivity index (χ0) is 15.7. The summed E-state index contributed by atoms with van der Waals surface area (Å²) in [7, 11) is 0. The van der Waals surface area contributed by atoms with Gasteiger partial charge in [-0.05, 0) is 24.7 Å². The van der Waals surface area contributed by atoms with Crippen LogP contribution in [0.5, 0.6) is 0 Å². The summed E-state index contributed by atoms with van der Waals surface area (Å²) in [5.74, 6) is -1.52. The van der Waals surface area contributed by atoms with Gasteiger partial charge in [-0.3, -0.25) is 9.59 Å². The summed E-state index contributed by atoms with van der Waals surface area (Å²) in [6.07, 6.45) is 1.48. The average molecular weight is 303 g/mol. The highest BCUT2D eigenvalue weighted by Gasteiger charge is 2.27. The molecule has 6 heteroatoms. The minimum Gasteiger partial charge on any atom is -0.360 e. The number of benzene rings is 1. The van der Waals surface area contributed by atoms with Crippen molar-refractivity contribution in [2.45, 2.75) is 6.92 Å². The average Bonchev–Trinajstić information content (AvgIpc) is 2.96. The molecule has 3 rings (SSSR count). The molecule has 1 aliphatic rings. The highest BCUT2D eigenvalue weighted by molar-refractivity contribution is 6.44. The topological polar surface area (TPSA) is 56.4 Å². The fraction of sp³-hybridized carbons (Fsp3) is 0.375. The summed E-state index contributed by atoms with van der Waals surface area (Å²) in [6.45, 7) is 5.67. The van der Waals surface area contributed by atoms with E-state index in [1.807, 2.05) is 0 Å². The molecule has 0 atom stereocenters. The summed E-state index contributed by atoms with van der Waals surface area (Å²) >= 11 is 0. The summed E-state index contributed by atoms with van der Waals surface area (Å²) in [5, 5.41) is 0.450. The molecule has 1 aromatic heterocycles. The summed E-state index contributed by atoms with van der Waals surface area (Å²) in [6, 6.07) is 4.16. The van der Waals surface area contributed by atoms with E-state index in [1.165, 1.54) is 18.3 Å². The van der Waals surface area contributed by atoms with Gasteiger partial charge in [0.1, 0.15) is 5.82 Å². The van der Waals surface area contributed by atoms with Gasteiger partial charge in [0.2, 0.25) is 0 Å². The molecule has 0 radical (unpaired) electrons. The largest absolute Gasteiger partial charge is 0.360 e. The maximum absolute atomic E-state index is 13.4. The molecule has 1 fully saturated rings. The number of likely N-dealkylation sites (N-methyl/N-ethyl adjacent to an activating group) is 1. The quantitative estimate of drug-likeness (QED) is 0.693. The Hall–Kier alpha value is -2.21. The van der Waals surface area contributed by atoms with E-state index in [2.05, 4.69) is 16.8 Å². The van der Waals surface area contributed by atoms with Crippen molar-refractivity contribution in [3.05, 3.63) is 35.8 Å². The summed E-state index contributed by atoms with van der Waals surface area (Å²) < 4.78 is 13.4. The maximum atomic E-state index is 13.4. The number of amides is 1. The number of carbonyl (C=O) groups excluding carboxylic acids is 2. The second kappa shape index (κ2) is 5.88. The van der Waals surface area contributed by atoms with Crippen LogP contribution in [0.25, 0.3) is 10.9 Å². The van der Waals surface area contributed by atoms with Gasteiger partial charge in [0.15, 0.2) is 0 Å². The number of ketones is 1. The van der Waals surface area contributed by atoms with Gasteiger partial charge in [0.05, 0.1) is 5.56 Å². The van der Waals surface area contributed by atoms with Crippen molar-refractivity contribution in [2.24, 2.45) is 0 Å². The molecule has 0 saturated carbocycles. The van der Waals surface area contributed by atoms with E-state index in [9.17, 15) is 14.0 Å². The van der Waals surface area contributed by atoms with Crippen LogP contribution in [0.15, 0.2) is 24.4 Å². The van der Waals surface area contributed by atoms with Gasteiger partial charge in [0.25, 0.3) is 11.7 Å². The van der Waals surface area contributed by atoms with Crippen molar-refractivity contribution in [1.29, 1.82) is 0 Å². The lowest BCUT2D eigenvalue weighted by Gasteiger charge is -2.33. The number of hydrogen-bond donors (Lipinski definition) is 1. The predicted molar refractivity (Wildman–Crippen MR) is 81.3 cm³/mol. The van der Waals surface area contributed by atoms with E-state index in [0.717, 1.165) is 19.6 Å². The third-order valence-electron chi connectivity index (χ3n) is 4.19. The predicted octanol–water partition coefficient (Wildman–Crippen LogP) is 1.65. The van der Waals surface area contributed by atoms with Crippen LogP contribution in [0.1, 0.15) is 17.3 Å². The molecular formula is C16H18FN3O2. The molecule has 0 bridgehead atoms. The SMILES string of the molecule is CCN1CCN(C(=O)C(=O)c2c[nH]c3ccc(F)cc23)CC1. The number of hydrogen-bond acceptors (Lipinski definition) is 3. The smallest absolute Gasteiger partial charge is 0.295 e. The van der Waals surface area contributed by atoms with Gasteiger partial charge in [-0.15, -0.1) is 0 Å². The highest BCUT2D eigenvalue weighted by atomic mass is 19.1. The minimum absolute atomic E-state index is 0.234. The molecule has 1 amide bonds. The molecule has 0 spiro atoms. The molecule has 116 valence electrons. The van der Waals surface area contributed by atoms with Crippen molar-refractivity contribution in [2.75, 3.05) is 32.7 Å². The molecule has 0 aliphatic carbocycles. The summed E-state index contributed by atoms with van der Waals surface area (Å²) in [5.41, 5.74) is 0.880. The molecule has 2 heterocycles. The van der Waals surface area contributed by atoms with E-state index >= 15 is 0 Å². The zero-order valence-corrected chi connectivity index (χ0v) is 12.4. The molecule has 1 saturated heterocycles. The monoisotopic (exact) mass is 303 g/mol. The Morgan fingerprint density at radius 1 is 1.23 bits per heavy atom. The van der Waals surface area contributed by atoms with E-state index in [0.29, 0.717) is 24.0 Å².